The minimum atomic E-state index is -2.59. The second-order valence-electron chi connectivity index (χ2n) is 4.62. The zero-order valence-corrected chi connectivity index (χ0v) is 9.94. The SMILES string of the molecule is CC(C)(C)c1cccc(S(C)(=N)=O)c1. The fraction of sp³-hybridized carbons (Fsp3) is 0.455. The van der Waals surface area contributed by atoms with E-state index in [1.165, 1.54) is 6.26 Å². The van der Waals surface area contributed by atoms with Crippen LogP contribution in [0.1, 0.15) is 26.3 Å². The Kier molecular flexibility index (Phi) is 2.72. The molecule has 0 saturated carbocycles. The molecule has 0 aliphatic heterocycles. The van der Waals surface area contributed by atoms with Crippen molar-refractivity contribution in [1.29, 1.82) is 4.78 Å². The molecule has 78 valence electrons. The molecule has 0 heterocycles. The van der Waals surface area contributed by atoms with E-state index in [1.54, 1.807) is 6.07 Å². The van der Waals surface area contributed by atoms with Gasteiger partial charge in [-0.2, -0.15) is 0 Å². The van der Waals surface area contributed by atoms with Crippen LogP contribution < -0.4 is 0 Å². The first-order chi connectivity index (χ1) is 6.21. The highest BCUT2D eigenvalue weighted by Crippen LogP contribution is 2.24. The van der Waals surface area contributed by atoms with Gasteiger partial charge in [-0.25, -0.2) is 8.99 Å². The fourth-order valence-corrected chi connectivity index (χ4v) is 1.90. The molecule has 0 bridgehead atoms. The third-order valence-electron chi connectivity index (χ3n) is 2.15. The van der Waals surface area contributed by atoms with Crippen molar-refractivity contribution < 1.29 is 4.21 Å². The zero-order valence-electron chi connectivity index (χ0n) is 9.13. The second kappa shape index (κ2) is 3.39. The molecule has 14 heavy (non-hydrogen) atoms. The van der Waals surface area contributed by atoms with E-state index in [0.717, 1.165) is 5.56 Å². The molecule has 1 aromatic rings. The lowest BCUT2D eigenvalue weighted by atomic mass is 9.87. The Bertz CT molecular complexity index is 427. The number of hydrogen-bond acceptors (Lipinski definition) is 2. The Morgan fingerprint density at radius 1 is 1.29 bits per heavy atom. The smallest absolute Gasteiger partial charge is 0.0696 e. The molecular formula is C11H17NOS. The van der Waals surface area contributed by atoms with Crippen LogP contribution >= 0.6 is 0 Å². The minimum absolute atomic E-state index is 0.0424. The third kappa shape index (κ3) is 2.58. The molecule has 3 heteroatoms. The molecule has 0 amide bonds. The quantitative estimate of drug-likeness (QED) is 0.762. The molecule has 0 fully saturated rings. The lowest BCUT2D eigenvalue weighted by Crippen LogP contribution is -2.11. The molecule has 1 N–H and O–H groups in total. The van der Waals surface area contributed by atoms with E-state index < -0.39 is 9.73 Å². The average Bonchev–Trinajstić information content (AvgIpc) is 2.01. The van der Waals surface area contributed by atoms with Crippen molar-refractivity contribution in [2.24, 2.45) is 0 Å². The summed E-state index contributed by atoms with van der Waals surface area (Å²) in [5.41, 5.74) is 1.16. The van der Waals surface area contributed by atoms with Crippen LogP contribution in [0.2, 0.25) is 0 Å². The highest BCUT2D eigenvalue weighted by molar-refractivity contribution is 7.91. The Morgan fingerprint density at radius 3 is 2.29 bits per heavy atom. The summed E-state index contributed by atoms with van der Waals surface area (Å²) >= 11 is 0. The first-order valence-electron chi connectivity index (χ1n) is 4.55. The zero-order chi connectivity index (χ0) is 11.0. The van der Waals surface area contributed by atoms with Gasteiger partial charge in [-0.3, -0.25) is 0 Å². The number of rotatable bonds is 1. The molecule has 2 nitrogen and oxygen atoms in total. The molecule has 1 unspecified atom stereocenters. The highest BCUT2D eigenvalue weighted by atomic mass is 32.2. The minimum Gasteiger partial charge on any atom is -0.249 e. The van der Waals surface area contributed by atoms with Crippen LogP contribution in [0.3, 0.4) is 0 Å². The lowest BCUT2D eigenvalue weighted by molar-refractivity contribution is 0.588. The second-order valence-corrected chi connectivity index (χ2v) is 6.78. The Hall–Kier alpha value is -0.830. The largest absolute Gasteiger partial charge is 0.249 e. The highest BCUT2D eigenvalue weighted by Gasteiger charge is 2.14. The number of hydrogen-bond donors (Lipinski definition) is 1. The van der Waals surface area contributed by atoms with E-state index in [2.05, 4.69) is 20.8 Å². The topological polar surface area (TPSA) is 40.9 Å². The maximum Gasteiger partial charge on any atom is 0.0696 e. The average molecular weight is 211 g/mol. The van der Waals surface area contributed by atoms with Gasteiger partial charge in [0, 0.05) is 11.2 Å². The van der Waals surface area contributed by atoms with Gasteiger partial charge < -0.3 is 0 Å². The van der Waals surface area contributed by atoms with E-state index >= 15 is 0 Å². The molecule has 0 aromatic heterocycles. The number of benzene rings is 1. The molecule has 0 saturated heterocycles. The van der Waals surface area contributed by atoms with Crippen molar-refractivity contribution in [3.8, 4) is 0 Å². The van der Waals surface area contributed by atoms with Gasteiger partial charge in [-0.1, -0.05) is 32.9 Å². The molecule has 0 radical (unpaired) electrons. The third-order valence-corrected chi connectivity index (χ3v) is 3.30. The summed E-state index contributed by atoms with van der Waals surface area (Å²) in [6.07, 6.45) is 1.45. The van der Waals surface area contributed by atoms with Crippen molar-refractivity contribution in [2.45, 2.75) is 31.1 Å². The summed E-state index contributed by atoms with van der Waals surface area (Å²) in [4.78, 5) is 0.616. The van der Waals surface area contributed by atoms with Crippen molar-refractivity contribution in [2.75, 3.05) is 6.26 Å². The van der Waals surface area contributed by atoms with E-state index in [1.807, 2.05) is 18.2 Å². The van der Waals surface area contributed by atoms with Crippen LogP contribution in [0.25, 0.3) is 0 Å². The summed E-state index contributed by atoms with van der Waals surface area (Å²) in [6.45, 7) is 6.31. The van der Waals surface area contributed by atoms with Gasteiger partial charge in [-0.05, 0) is 23.1 Å². The maximum absolute atomic E-state index is 11.5. The van der Waals surface area contributed by atoms with E-state index in [-0.39, 0.29) is 5.41 Å². The first-order valence-corrected chi connectivity index (χ1v) is 6.52. The van der Waals surface area contributed by atoms with Gasteiger partial charge in [0.15, 0.2) is 0 Å². The van der Waals surface area contributed by atoms with Crippen molar-refractivity contribution >= 4 is 9.73 Å². The van der Waals surface area contributed by atoms with E-state index in [9.17, 15) is 4.21 Å². The van der Waals surface area contributed by atoms with E-state index in [4.69, 9.17) is 4.78 Å². The normalized spacial score (nSPS) is 16.3. The molecule has 1 aromatic carbocycles. The van der Waals surface area contributed by atoms with Gasteiger partial charge in [0.2, 0.25) is 0 Å². The molecule has 1 atom stereocenters. The molecule has 0 spiro atoms. The van der Waals surface area contributed by atoms with Gasteiger partial charge in [0.1, 0.15) is 0 Å². The Balaban J connectivity index is 3.29. The van der Waals surface area contributed by atoms with Crippen LogP contribution in [0, 0.1) is 4.78 Å². The standard InChI is InChI=1S/C11H17NOS/c1-11(2,3)9-6-5-7-10(8-9)14(4,12)13/h5-8,12H,1-4H3. The molecular weight excluding hydrogens is 194 g/mol. The van der Waals surface area contributed by atoms with Crippen LogP contribution in [0.15, 0.2) is 29.2 Å². The predicted molar refractivity (Wildman–Crippen MR) is 60.2 cm³/mol. The molecule has 1 rings (SSSR count). The van der Waals surface area contributed by atoms with Crippen molar-refractivity contribution in [3.63, 3.8) is 0 Å². The van der Waals surface area contributed by atoms with Gasteiger partial charge in [0.05, 0.1) is 9.73 Å². The van der Waals surface area contributed by atoms with Crippen molar-refractivity contribution in [3.05, 3.63) is 29.8 Å². The summed E-state index contributed by atoms with van der Waals surface area (Å²) in [5, 5.41) is 0. The summed E-state index contributed by atoms with van der Waals surface area (Å²) < 4.78 is 19.0. The first kappa shape index (κ1) is 11.2. The summed E-state index contributed by atoms with van der Waals surface area (Å²) in [6, 6.07) is 7.50. The van der Waals surface area contributed by atoms with Gasteiger partial charge >= 0.3 is 0 Å². The lowest BCUT2D eigenvalue weighted by Gasteiger charge is -2.19. The predicted octanol–water partition coefficient (Wildman–Crippen LogP) is 3.02. The summed E-state index contributed by atoms with van der Waals surface area (Å²) in [5.74, 6) is 0. The maximum atomic E-state index is 11.5. The Labute approximate surface area is 86.3 Å². The van der Waals surface area contributed by atoms with E-state index in [0.29, 0.717) is 4.90 Å². The van der Waals surface area contributed by atoms with Crippen LogP contribution in [0.5, 0.6) is 0 Å². The van der Waals surface area contributed by atoms with Crippen molar-refractivity contribution in [1.82, 2.24) is 0 Å². The van der Waals surface area contributed by atoms with Crippen LogP contribution in [-0.4, -0.2) is 10.5 Å². The monoisotopic (exact) mass is 211 g/mol. The molecule has 0 aliphatic carbocycles. The summed E-state index contributed by atoms with van der Waals surface area (Å²) in [7, 11) is -2.59. The Morgan fingerprint density at radius 2 is 1.86 bits per heavy atom. The van der Waals surface area contributed by atoms with Crippen LogP contribution in [0.4, 0.5) is 0 Å². The number of nitrogens with one attached hydrogen (secondary N) is 1. The fourth-order valence-electron chi connectivity index (χ4n) is 1.20. The van der Waals surface area contributed by atoms with Gasteiger partial charge in [0.25, 0.3) is 0 Å². The molecule has 0 aliphatic rings. The van der Waals surface area contributed by atoms with Gasteiger partial charge in [-0.15, -0.1) is 0 Å². The van der Waals surface area contributed by atoms with Crippen LogP contribution in [-0.2, 0) is 15.1 Å².